The summed E-state index contributed by atoms with van der Waals surface area (Å²) < 4.78 is 9.08. The Morgan fingerprint density at radius 3 is 1.68 bits per heavy atom. The molecule has 0 N–H and O–H groups in total. The van der Waals surface area contributed by atoms with Crippen molar-refractivity contribution < 1.29 is 4.42 Å². The predicted octanol–water partition coefficient (Wildman–Crippen LogP) is 15.6. The monoisotopic (exact) mass is 787 g/mol. The van der Waals surface area contributed by atoms with E-state index in [1.165, 1.54) is 71.0 Å². The van der Waals surface area contributed by atoms with E-state index in [1.807, 2.05) is 0 Å². The molecule has 0 saturated carbocycles. The van der Waals surface area contributed by atoms with Gasteiger partial charge in [-0.25, -0.2) is 4.98 Å². The lowest BCUT2D eigenvalue weighted by atomic mass is 9.94. The fourth-order valence-corrected chi connectivity index (χ4v) is 10.4. The first kappa shape index (κ1) is 33.5. The molecule has 0 unspecified atom stereocenters. The van der Waals surface area contributed by atoms with Crippen LogP contribution in [0.2, 0.25) is 0 Å². The van der Waals surface area contributed by atoms with Gasteiger partial charge in [0.2, 0.25) is 5.71 Å². The number of furan rings is 1. The van der Waals surface area contributed by atoms with Gasteiger partial charge in [-0.05, 0) is 114 Å². The van der Waals surface area contributed by atoms with Crippen molar-refractivity contribution in [2.75, 3.05) is 0 Å². The number of benzene rings is 10. The average Bonchev–Trinajstić information content (AvgIpc) is 4.00. The van der Waals surface area contributed by atoms with Gasteiger partial charge in [0.1, 0.15) is 5.58 Å². The van der Waals surface area contributed by atoms with E-state index in [1.54, 1.807) is 0 Å². The van der Waals surface area contributed by atoms with Gasteiger partial charge in [0, 0.05) is 33.0 Å². The normalized spacial score (nSPS) is 12.2. The maximum Gasteiger partial charge on any atom is 0.231 e. The standard InChI is InChI=1S/C58H33N3O/c1-2-11-34(12-3-1)38-25-32-51-48(33-38)55-56(47-29-28-46-43-18-9-8-17-42(43)44-19-10-20-45(47)52(44)46)59-57(60-58(55)62-51)37-21-26-39(27-22-37)61-49-30-23-35-13-4-6-15-40(35)53(49)54-41-16-7-5-14-36(41)24-31-50(54)61/h1-33H. The van der Waals surface area contributed by atoms with E-state index in [0.29, 0.717) is 11.5 Å². The molecule has 3 aromatic heterocycles. The van der Waals surface area contributed by atoms with Crippen LogP contribution in [0.5, 0.6) is 0 Å². The SMILES string of the molecule is c1ccc(-c2ccc3oc4nc(-c5ccc(-n6c7ccc8ccccc8c7c7c8ccccc8ccc76)cc5)nc(-c5ccc6c7c(cccc57)-c5ccccc5-6)c4c3c2)cc1. The number of hydrogen-bond acceptors (Lipinski definition) is 3. The molecular formula is C58H33N3O. The topological polar surface area (TPSA) is 43.9 Å². The van der Waals surface area contributed by atoms with Gasteiger partial charge in [-0.1, -0.05) is 152 Å². The third-order valence-electron chi connectivity index (χ3n) is 13.2. The van der Waals surface area contributed by atoms with Crippen LogP contribution in [0, 0.1) is 0 Å². The van der Waals surface area contributed by atoms with Crippen LogP contribution in [0.3, 0.4) is 0 Å². The number of fused-ring (bicyclic) bond motifs is 13. The quantitative estimate of drug-likeness (QED) is 0.178. The third-order valence-corrected chi connectivity index (χ3v) is 13.2. The highest BCUT2D eigenvalue weighted by molar-refractivity contribution is 6.28. The minimum atomic E-state index is 0.571. The molecule has 4 nitrogen and oxygen atoms in total. The van der Waals surface area contributed by atoms with Crippen LogP contribution in [0.1, 0.15) is 0 Å². The van der Waals surface area contributed by atoms with Crippen molar-refractivity contribution in [3.8, 4) is 61.7 Å². The summed E-state index contributed by atoms with van der Waals surface area (Å²) in [5.41, 5.74) is 14.9. The summed E-state index contributed by atoms with van der Waals surface area (Å²) in [5, 5.41) is 11.8. The lowest BCUT2D eigenvalue weighted by Gasteiger charge is -2.12. The summed E-state index contributed by atoms with van der Waals surface area (Å²) in [6, 6.07) is 72.0. The van der Waals surface area contributed by atoms with Gasteiger partial charge >= 0.3 is 0 Å². The molecule has 1 aliphatic rings. The molecule has 286 valence electrons. The minimum absolute atomic E-state index is 0.571. The third kappa shape index (κ3) is 4.66. The van der Waals surface area contributed by atoms with Crippen LogP contribution >= 0.6 is 0 Å². The summed E-state index contributed by atoms with van der Waals surface area (Å²) in [6.45, 7) is 0. The Kier molecular flexibility index (Phi) is 6.80. The van der Waals surface area contributed by atoms with E-state index in [9.17, 15) is 0 Å². The summed E-state index contributed by atoms with van der Waals surface area (Å²) in [7, 11) is 0. The summed E-state index contributed by atoms with van der Waals surface area (Å²) >= 11 is 0. The van der Waals surface area contributed by atoms with Gasteiger partial charge in [0.25, 0.3) is 0 Å². The van der Waals surface area contributed by atoms with Crippen molar-refractivity contribution in [2.45, 2.75) is 0 Å². The fourth-order valence-electron chi connectivity index (χ4n) is 10.4. The maximum absolute atomic E-state index is 6.68. The minimum Gasteiger partial charge on any atom is -0.438 e. The van der Waals surface area contributed by atoms with Gasteiger partial charge in [-0.15, -0.1) is 0 Å². The second kappa shape index (κ2) is 12.6. The van der Waals surface area contributed by atoms with Crippen molar-refractivity contribution in [1.82, 2.24) is 14.5 Å². The van der Waals surface area contributed by atoms with E-state index in [2.05, 4.69) is 205 Å². The zero-order chi connectivity index (χ0) is 40.5. The predicted molar refractivity (Wildman–Crippen MR) is 257 cm³/mol. The Morgan fingerprint density at radius 1 is 0.355 bits per heavy atom. The van der Waals surface area contributed by atoms with Gasteiger partial charge < -0.3 is 8.98 Å². The Bertz CT molecular complexity index is 3900. The molecule has 10 aromatic carbocycles. The van der Waals surface area contributed by atoms with E-state index in [-0.39, 0.29) is 0 Å². The molecule has 13 aromatic rings. The molecule has 62 heavy (non-hydrogen) atoms. The van der Waals surface area contributed by atoms with Crippen LogP contribution in [0.15, 0.2) is 205 Å². The van der Waals surface area contributed by atoms with E-state index in [4.69, 9.17) is 14.4 Å². The number of aromatic nitrogens is 3. The van der Waals surface area contributed by atoms with Crippen LogP contribution < -0.4 is 0 Å². The molecular weight excluding hydrogens is 755 g/mol. The lowest BCUT2D eigenvalue weighted by molar-refractivity contribution is 0.653. The second-order valence-electron chi connectivity index (χ2n) is 16.4. The molecule has 0 amide bonds. The molecule has 0 atom stereocenters. The summed E-state index contributed by atoms with van der Waals surface area (Å²) in [4.78, 5) is 10.7. The second-order valence-corrected chi connectivity index (χ2v) is 16.4. The molecule has 1 aliphatic carbocycles. The van der Waals surface area contributed by atoms with Crippen LogP contribution in [0.25, 0.3) is 138 Å². The first-order chi connectivity index (χ1) is 30.7. The van der Waals surface area contributed by atoms with Gasteiger partial charge in [-0.2, -0.15) is 4.98 Å². The molecule has 0 spiro atoms. The largest absolute Gasteiger partial charge is 0.438 e. The van der Waals surface area contributed by atoms with Crippen molar-refractivity contribution in [3.05, 3.63) is 200 Å². The van der Waals surface area contributed by atoms with Gasteiger partial charge in [0.05, 0.1) is 22.1 Å². The highest BCUT2D eigenvalue weighted by atomic mass is 16.3. The molecule has 0 radical (unpaired) electrons. The number of nitrogens with zero attached hydrogens (tertiary/aromatic N) is 3. The van der Waals surface area contributed by atoms with E-state index >= 15 is 0 Å². The zero-order valence-corrected chi connectivity index (χ0v) is 33.3. The van der Waals surface area contributed by atoms with Crippen molar-refractivity contribution in [2.24, 2.45) is 0 Å². The molecule has 14 rings (SSSR count). The molecule has 0 bridgehead atoms. The van der Waals surface area contributed by atoms with Crippen LogP contribution in [0.4, 0.5) is 0 Å². The Morgan fingerprint density at radius 2 is 0.952 bits per heavy atom. The maximum atomic E-state index is 6.68. The molecule has 4 heteroatoms. The molecule has 0 fully saturated rings. The number of rotatable bonds is 4. The highest BCUT2D eigenvalue weighted by Gasteiger charge is 2.26. The molecule has 0 saturated heterocycles. The Hall–Kier alpha value is -8.34. The first-order valence-corrected chi connectivity index (χ1v) is 21.2. The van der Waals surface area contributed by atoms with Crippen LogP contribution in [-0.2, 0) is 0 Å². The van der Waals surface area contributed by atoms with Crippen molar-refractivity contribution in [3.63, 3.8) is 0 Å². The van der Waals surface area contributed by atoms with E-state index in [0.717, 1.165) is 55.4 Å². The Balaban J connectivity index is 0.991. The summed E-state index contributed by atoms with van der Waals surface area (Å²) in [5.74, 6) is 0.618. The van der Waals surface area contributed by atoms with Crippen LogP contribution in [-0.4, -0.2) is 14.5 Å². The number of hydrogen-bond donors (Lipinski definition) is 0. The van der Waals surface area contributed by atoms with Gasteiger partial charge in [-0.3, -0.25) is 0 Å². The first-order valence-electron chi connectivity index (χ1n) is 21.2. The fraction of sp³-hybridized carbons (Fsp3) is 0. The van der Waals surface area contributed by atoms with Crippen molar-refractivity contribution >= 4 is 76.2 Å². The zero-order valence-electron chi connectivity index (χ0n) is 33.3. The summed E-state index contributed by atoms with van der Waals surface area (Å²) in [6.07, 6.45) is 0. The van der Waals surface area contributed by atoms with E-state index < -0.39 is 0 Å². The highest BCUT2D eigenvalue weighted by Crippen LogP contribution is 2.50. The smallest absolute Gasteiger partial charge is 0.231 e. The van der Waals surface area contributed by atoms with Gasteiger partial charge in [0.15, 0.2) is 5.82 Å². The molecule has 0 aliphatic heterocycles. The Labute approximate surface area is 355 Å². The average molecular weight is 788 g/mol. The molecule has 3 heterocycles. The lowest BCUT2D eigenvalue weighted by Crippen LogP contribution is -1.97. The van der Waals surface area contributed by atoms with Crippen molar-refractivity contribution in [1.29, 1.82) is 0 Å².